The molecule has 2 heterocycles. The van der Waals surface area contributed by atoms with Crippen molar-refractivity contribution in [2.45, 2.75) is 6.92 Å². The van der Waals surface area contributed by atoms with Crippen molar-refractivity contribution in [2.24, 2.45) is 19.2 Å². The summed E-state index contributed by atoms with van der Waals surface area (Å²) in [7, 11) is 3.79. The number of fused-ring (bicyclic) bond motifs is 1. The number of thiocarbonyl (C=S) groups is 1. The maximum Gasteiger partial charge on any atom is 0.295 e. The standard InChI is InChI=1S/C20H20N6OS2/c1-13-17(18(27)26(25(13)3)14-9-5-4-6-10-14)21-19(28)22-23-20-24(2)15-11-7-8-12-16(15)29-20/h4-12H,1-3H3,(H2,21,22,28)/b23-20-. The van der Waals surface area contributed by atoms with E-state index in [-0.39, 0.29) is 10.7 Å². The van der Waals surface area contributed by atoms with Crippen LogP contribution in [0.15, 0.2) is 64.5 Å². The largest absolute Gasteiger partial charge is 0.325 e. The summed E-state index contributed by atoms with van der Waals surface area (Å²) in [6.07, 6.45) is 0. The summed E-state index contributed by atoms with van der Waals surface area (Å²) < 4.78 is 6.53. The highest BCUT2D eigenvalue weighted by molar-refractivity contribution is 7.80. The Kier molecular flexibility index (Phi) is 5.08. The number of anilines is 1. The van der Waals surface area contributed by atoms with E-state index in [0.29, 0.717) is 5.69 Å². The number of nitrogens with zero attached hydrogens (tertiary/aromatic N) is 4. The summed E-state index contributed by atoms with van der Waals surface area (Å²) in [5, 5.41) is 7.66. The number of rotatable bonds is 3. The Morgan fingerprint density at radius 2 is 1.76 bits per heavy atom. The van der Waals surface area contributed by atoms with Crippen LogP contribution in [0.25, 0.3) is 15.9 Å². The molecule has 0 aliphatic carbocycles. The number of hydrogen-bond donors (Lipinski definition) is 2. The zero-order valence-electron chi connectivity index (χ0n) is 16.2. The molecule has 0 unspecified atom stereocenters. The lowest BCUT2D eigenvalue weighted by Gasteiger charge is -2.07. The van der Waals surface area contributed by atoms with Gasteiger partial charge in [-0.15, -0.1) is 5.10 Å². The lowest BCUT2D eigenvalue weighted by atomic mass is 10.3. The van der Waals surface area contributed by atoms with Gasteiger partial charge in [-0.25, -0.2) is 4.68 Å². The number of aryl methyl sites for hydroxylation is 1. The van der Waals surface area contributed by atoms with Gasteiger partial charge in [0.2, 0.25) is 4.80 Å². The Labute approximate surface area is 176 Å². The minimum atomic E-state index is -0.173. The summed E-state index contributed by atoms with van der Waals surface area (Å²) >= 11 is 6.93. The first kappa shape index (κ1) is 19.2. The summed E-state index contributed by atoms with van der Waals surface area (Å²) in [4.78, 5) is 13.7. The summed E-state index contributed by atoms with van der Waals surface area (Å²) in [5.74, 6) is 0. The van der Waals surface area contributed by atoms with Crippen LogP contribution >= 0.6 is 23.6 Å². The zero-order chi connectivity index (χ0) is 20.5. The third-order valence-electron chi connectivity index (χ3n) is 4.76. The fraction of sp³-hybridized carbons (Fsp3) is 0.150. The lowest BCUT2D eigenvalue weighted by molar-refractivity contribution is 0.630. The molecule has 0 atom stereocenters. The van der Waals surface area contributed by atoms with Crippen molar-refractivity contribution in [3.8, 4) is 5.69 Å². The quantitative estimate of drug-likeness (QED) is 0.392. The van der Waals surface area contributed by atoms with Crippen LogP contribution in [-0.2, 0) is 14.1 Å². The van der Waals surface area contributed by atoms with Crippen molar-refractivity contribution in [3.05, 3.63) is 75.4 Å². The van der Waals surface area contributed by atoms with Crippen LogP contribution in [0.4, 0.5) is 5.69 Å². The van der Waals surface area contributed by atoms with Crippen LogP contribution in [0.2, 0.25) is 0 Å². The third kappa shape index (κ3) is 3.50. The molecule has 0 aliphatic rings. The highest BCUT2D eigenvalue weighted by Gasteiger charge is 2.16. The Hall–Kier alpha value is -3.17. The number of para-hydroxylation sites is 2. The van der Waals surface area contributed by atoms with E-state index in [4.69, 9.17) is 12.2 Å². The first-order chi connectivity index (χ1) is 14.0. The predicted octanol–water partition coefficient (Wildman–Crippen LogP) is 2.84. The second-order valence-electron chi connectivity index (χ2n) is 6.53. The Bertz CT molecular complexity index is 1330. The molecule has 0 saturated carbocycles. The summed E-state index contributed by atoms with van der Waals surface area (Å²) in [6.45, 7) is 1.87. The van der Waals surface area contributed by atoms with Crippen molar-refractivity contribution in [2.75, 3.05) is 5.32 Å². The predicted molar refractivity (Wildman–Crippen MR) is 121 cm³/mol. The molecule has 29 heavy (non-hydrogen) atoms. The van der Waals surface area contributed by atoms with Crippen molar-refractivity contribution in [1.29, 1.82) is 0 Å². The van der Waals surface area contributed by atoms with Gasteiger partial charge in [0, 0.05) is 14.1 Å². The van der Waals surface area contributed by atoms with Gasteiger partial charge in [0.25, 0.3) is 5.56 Å². The molecule has 0 fully saturated rings. The molecular formula is C20H20N6OS2. The highest BCUT2D eigenvalue weighted by atomic mass is 32.1. The average Bonchev–Trinajstić information content (AvgIpc) is 3.16. The molecule has 4 rings (SSSR count). The maximum absolute atomic E-state index is 13.0. The Morgan fingerprint density at radius 1 is 1.07 bits per heavy atom. The maximum atomic E-state index is 13.0. The zero-order valence-corrected chi connectivity index (χ0v) is 17.8. The van der Waals surface area contributed by atoms with Gasteiger partial charge in [0.15, 0.2) is 5.11 Å². The lowest BCUT2D eigenvalue weighted by Crippen LogP contribution is -2.30. The van der Waals surface area contributed by atoms with Gasteiger partial charge in [-0.05, 0) is 43.4 Å². The van der Waals surface area contributed by atoms with Crippen molar-refractivity contribution in [1.82, 2.24) is 19.4 Å². The van der Waals surface area contributed by atoms with E-state index in [1.165, 1.54) is 0 Å². The number of benzene rings is 2. The third-order valence-corrected chi connectivity index (χ3v) is 6.07. The molecule has 148 valence electrons. The second-order valence-corrected chi connectivity index (χ2v) is 7.94. The number of nitrogens with one attached hydrogen (secondary N) is 2. The van der Waals surface area contributed by atoms with Gasteiger partial charge in [0.05, 0.1) is 21.6 Å². The molecule has 0 radical (unpaired) electrons. The van der Waals surface area contributed by atoms with E-state index < -0.39 is 0 Å². The molecule has 4 aromatic rings. The smallest absolute Gasteiger partial charge is 0.295 e. The number of aromatic nitrogens is 3. The topological polar surface area (TPSA) is 68.3 Å². The van der Waals surface area contributed by atoms with Gasteiger partial charge in [0.1, 0.15) is 5.69 Å². The summed E-state index contributed by atoms with van der Waals surface area (Å²) in [6, 6.07) is 17.6. The minimum absolute atomic E-state index is 0.173. The van der Waals surface area contributed by atoms with E-state index in [1.54, 1.807) is 20.7 Å². The van der Waals surface area contributed by atoms with Crippen LogP contribution in [0.3, 0.4) is 0 Å². The monoisotopic (exact) mass is 424 g/mol. The number of thiazole rings is 1. The minimum Gasteiger partial charge on any atom is -0.325 e. The Morgan fingerprint density at radius 3 is 2.48 bits per heavy atom. The molecule has 0 saturated heterocycles. The van der Waals surface area contributed by atoms with E-state index in [1.807, 2.05) is 74.1 Å². The first-order valence-corrected chi connectivity index (χ1v) is 10.2. The SMILES string of the molecule is Cc1c(NC(=S)N/N=c2\sc3ccccc3n2C)c(=O)n(-c2ccccc2)n1C. The van der Waals surface area contributed by atoms with E-state index in [2.05, 4.69) is 21.9 Å². The first-order valence-electron chi connectivity index (χ1n) is 8.96. The average molecular weight is 425 g/mol. The fourth-order valence-corrected chi connectivity index (χ4v) is 4.27. The highest BCUT2D eigenvalue weighted by Crippen LogP contribution is 2.15. The van der Waals surface area contributed by atoms with E-state index >= 15 is 0 Å². The molecule has 2 aromatic carbocycles. The Balaban J connectivity index is 1.61. The van der Waals surface area contributed by atoms with Gasteiger partial charge < -0.3 is 9.88 Å². The second kappa shape index (κ2) is 7.69. The van der Waals surface area contributed by atoms with Gasteiger partial charge in [-0.1, -0.05) is 41.7 Å². The molecule has 9 heteroatoms. The van der Waals surface area contributed by atoms with Crippen LogP contribution in [-0.4, -0.2) is 19.0 Å². The molecule has 0 aliphatic heterocycles. The molecule has 7 nitrogen and oxygen atoms in total. The van der Waals surface area contributed by atoms with E-state index in [9.17, 15) is 4.79 Å². The normalized spacial score (nSPS) is 11.8. The van der Waals surface area contributed by atoms with Crippen LogP contribution in [0.1, 0.15) is 5.69 Å². The van der Waals surface area contributed by atoms with Crippen LogP contribution < -0.4 is 21.1 Å². The molecule has 2 N–H and O–H groups in total. The van der Waals surface area contributed by atoms with Crippen molar-refractivity contribution >= 4 is 44.6 Å². The molecule has 0 amide bonds. The van der Waals surface area contributed by atoms with Gasteiger partial charge >= 0.3 is 0 Å². The van der Waals surface area contributed by atoms with Gasteiger partial charge in [-0.2, -0.15) is 0 Å². The molecule has 0 spiro atoms. The number of hydrogen-bond acceptors (Lipinski definition) is 4. The molecule has 0 bridgehead atoms. The van der Waals surface area contributed by atoms with Crippen molar-refractivity contribution < 1.29 is 0 Å². The fourth-order valence-electron chi connectivity index (χ4n) is 3.14. The van der Waals surface area contributed by atoms with Crippen molar-refractivity contribution in [3.63, 3.8) is 0 Å². The van der Waals surface area contributed by atoms with Crippen LogP contribution in [0.5, 0.6) is 0 Å². The molecule has 2 aromatic heterocycles. The van der Waals surface area contributed by atoms with Crippen LogP contribution in [0, 0.1) is 6.92 Å². The van der Waals surface area contributed by atoms with E-state index in [0.717, 1.165) is 26.4 Å². The molecular weight excluding hydrogens is 404 g/mol. The summed E-state index contributed by atoms with van der Waals surface area (Å²) in [5.41, 5.74) is 5.76. The van der Waals surface area contributed by atoms with Gasteiger partial charge in [-0.3, -0.25) is 14.9 Å².